The Hall–Kier alpha value is -1.36. The SMILES string of the molecule is C=CCc1cc(CN2CCC3(O)CCNCC3C2)ccc1OC. The second kappa shape index (κ2) is 7.04. The summed E-state index contributed by atoms with van der Waals surface area (Å²) in [6.45, 7) is 8.56. The van der Waals surface area contributed by atoms with Crippen LogP contribution in [0, 0.1) is 5.92 Å². The monoisotopic (exact) mass is 316 g/mol. The van der Waals surface area contributed by atoms with Gasteiger partial charge in [0.15, 0.2) is 0 Å². The highest BCUT2D eigenvalue weighted by atomic mass is 16.5. The van der Waals surface area contributed by atoms with Gasteiger partial charge in [-0.3, -0.25) is 4.90 Å². The topological polar surface area (TPSA) is 44.7 Å². The van der Waals surface area contributed by atoms with Crippen molar-refractivity contribution in [1.29, 1.82) is 0 Å². The van der Waals surface area contributed by atoms with Crippen molar-refractivity contribution < 1.29 is 9.84 Å². The molecule has 2 aliphatic rings. The predicted molar refractivity (Wildman–Crippen MR) is 92.7 cm³/mol. The highest BCUT2D eigenvalue weighted by Crippen LogP contribution is 2.33. The highest BCUT2D eigenvalue weighted by Gasteiger charge is 2.42. The Morgan fingerprint density at radius 1 is 1.48 bits per heavy atom. The normalized spacial score (nSPS) is 28.2. The van der Waals surface area contributed by atoms with Gasteiger partial charge in [-0.2, -0.15) is 0 Å². The molecular weight excluding hydrogens is 288 g/mol. The summed E-state index contributed by atoms with van der Waals surface area (Å²) in [5, 5.41) is 14.2. The standard InChI is InChI=1S/C19H28N2O2/c1-3-4-16-11-15(5-6-18(16)23-2)13-21-10-8-19(22)7-9-20-12-17(19)14-21/h3,5-6,11,17,20,22H,1,4,7-10,12-14H2,2H3. The van der Waals surface area contributed by atoms with Crippen LogP contribution in [0.4, 0.5) is 0 Å². The number of hydrogen-bond donors (Lipinski definition) is 2. The van der Waals surface area contributed by atoms with Crippen molar-refractivity contribution >= 4 is 0 Å². The molecule has 0 amide bonds. The number of ether oxygens (including phenoxy) is 1. The molecule has 2 aliphatic heterocycles. The lowest BCUT2D eigenvalue weighted by atomic mass is 9.76. The average Bonchev–Trinajstić information content (AvgIpc) is 2.56. The van der Waals surface area contributed by atoms with Crippen LogP contribution in [0.3, 0.4) is 0 Å². The van der Waals surface area contributed by atoms with Crippen LogP contribution < -0.4 is 10.1 Å². The van der Waals surface area contributed by atoms with Crippen molar-refractivity contribution in [2.45, 2.75) is 31.4 Å². The summed E-state index contributed by atoms with van der Waals surface area (Å²) in [5.41, 5.74) is 2.04. The maximum atomic E-state index is 10.8. The van der Waals surface area contributed by atoms with E-state index in [1.165, 1.54) is 11.1 Å². The van der Waals surface area contributed by atoms with Gasteiger partial charge in [0.25, 0.3) is 0 Å². The quantitative estimate of drug-likeness (QED) is 0.815. The van der Waals surface area contributed by atoms with E-state index >= 15 is 0 Å². The molecule has 2 fully saturated rings. The molecule has 1 aromatic rings. The van der Waals surface area contributed by atoms with E-state index in [1.54, 1.807) is 7.11 Å². The summed E-state index contributed by atoms with van der Waals surface area (Å²) in [6, 6.07) is 6.42. The molecule has 4 nitrogen and oxygen atoms in total. The second-order valence-corrected chi connectivity index (χ2v) is 6.88. The van der Waals surface area contributed by atoms with E-state index in [4.69, 9.17) is 4.74 Å². The molecule has 23 heavy (non-hydrogen) atoms. The third kappa shape index (κ3) is 3.60. The Kier molecular flexibility index (Phi) is 5.05. The largest absolute Gasteiger partial charge is 0.496 e. The Morgan fingerprint density at radius 3 is 3.13 bits per heavy atom. The zero-order valence-corrected chi connectivity index (χ0v) is 14.1. The lowest BCUT2D eigenvalue weighted by molar-refractivity contribution is -0.0899. The van der Waals surface area contributed by atoms with Crippen molar-refractivity contribution in [1.82, 2.24) is 10.2 Å². The maximum absolute atomic E-state index is 10.8. The van der Waals surface area contributed by atoms with E-state index in [0.717, 1.165) is 57.7 Å². The zero-order chi connectivity index (χ0) is 16.3. The van der Waals surface area contributed by atoms with Gasteiger partial charge in [0.05, 0.1) is 12.7 Å². The summed E-state index contributed by atoms with van der Waals surface area (Å²) >= 11 is 0. The third-order valence-corrected chi connectivity index (χ3v) is 5.34. The van der Waals surface area contributed by atoms with E-state index < -0.39 is 5.60 Å². The average molecular weight is 316 g/mol. The first-order chi connectivity index (χ1) is 11.1. The fourth-order valence-corrected chi connectivity index (χ4v) is 3.94. The molecule has 0 bridgehead atoms. The predicted octanol–water partition coefficient (Wildman–Crippen LogP) is 1.97. The number of likely N-dealkylation sites (tertiary alicyclic amines) is 1. The van der Waals surface area contributed by atoms with Crippen LogP contribution in [0.25, 0.3) is 0 Å². The molecule has 126 valence electrons. The summed E-state index contributed by atoms with van der Waals surface area (Å²) < 4.78 is 5.42. The molecule has 2 atom stereocenters. The number of methoxy groups -OCH3 is 1. The van der Waals surface area contributed by atoms with Crippen molar-refractivity contribution in [3.8, 4) is 5.75 Å². The summed E-state index contributed by atoms with van der Waals surface area (Å²) in [5.74, 6) is 1.27. The summed E-state index contributed by atoms with van der Waals surface area (Å²) in [6.07, 6.45) is 4.51. The van der Waals surface area contributed by atoms with Crippen molar-refractivity contribution in [2.24, 2.45) is 5.92 Å². The molecule has 2 saturated heterocycles. The minimum absolute atomic E-state index is 0.343. The van der Waals surface area contributed by atoms with E-state index in [1.807, 2.05) is 6.08 Å². The Bertz CT molecular complexity index is 560. The van der Waals surface area contributed by atoms with Gasteiger partial charge >= 0.3 is 0 Å². The third-order valence-electron chi connectivity index (χ3n) is 5.34. The number of nitrogens with zero attached hydrogens (tertiary/aromatic N) is 1. The molecule has 0 saturated carbocycles. The van der Waals surface area contributed by atoms with E-state index in [9.17, 15) is 5.11 Å². The minimum atomic E-state index is -0.449. The first kappa shape index (κ1) is 16.5. The molecule has 0 spiro atoms. The molecule has 0 aliphatic carbocycles. The van der Waals surface area contributed by atoms with Gasteiger partial charge in [-0.25, -0.2) is 0 Å². The maximum Gasteiger partial charge on any atom is 0.122 e. The van der Waals surface area contributed by atoms with Crippen LogP contribution in [-0.2, 0) is 13.0 Å². The molecule has 2 N–H and O–H groups in total. The van der Waals surface area contributed by atoms with Gasteiger partial charge in [0.1, 0.15) is 5.75 Å². The second-order valence-electron chi connectivity index (χ2n) is 6.88. The summed E-state index contributed by atoms with van der Waals surface area (Å²) in [7, 11) is 1.71. The number of aliphatic hydroxyl groups is 1. The van der Waals surface area contributed by atoms with Gasteiger partial charge in [-0.1, -0.05) is 18.2 Å². The lowest BCUT2D eigenvalue weighted by Gasteiger charge is -2.47. The number of piperidine rings is 2. The number of benzene rings is 1. The van der Waals surface area contributed by atoms with Crippen LogP contribution >= 0.6 is 0 Å². The van der Waals surface area contributed by atoms with Crippen LogP contribution in [0.2, 0.25) is 0 Å². The number of allylic oxidation sites excluding steroid dienone is 1. The van der Waals surface area contributed by atoms with Gasteiger partial charge in [-0.15, -0.1) is 6.58 Å². The van der Waals surface area contributed by atoms with E-state index in [-0.39, 0.29) is 0 Å². The molecule has 2 heterocycles. The highest BCUT2D eigenvalue weighted by molar-refractivity contribution is 5.38. The molecular formula is C19H28N2O2. The van der Waals surface area contributed by atoms with Gasteiger partial charge < -0.3 is 15.2 Å². The van der Waals surface area contributed by atoms with Gasteiger partial charge in [0.2, 0.25) is 0 Å². The van der Waals surface area contributed by atoms with Crippen LogP contribution in [0.5, 0.6) is 5.75 Å². The number of hydrogen-bond acceptors (Lipinski definition) is 4. The summed E-state index contributed by atoms with van der Waals surface area (Å²) in [4.78, 5) is 2.46. The lowest BCUT2D eigenvalue weighted by Crippen LogP contribution is -2.58. The first-order valence-electron chi connectivity index (χ1n) is 8.57. The fourth-order valence-electron chi connectivity index (χ4n) is 3.94. The van der Waals surface area contributed by atoms with Gasteiger partial charge in [-0.05, 0) is 43.0 Å². The van der Waals surface area contributed by atoms with Crippen molar-refractivity contribution in [3.63, 3.8) is 0 Å². The number of nitrogens with one attached hydrogen (secondary N) is 1. The molecule has 0 radical (unpaired) electrons. The number of fused-ring (bicyclic) bond motifs is 1. The Morgan fingerprint density at radius 2 is 2.35 bits per heavy atom. The smallest absolute Gasteiger partial charge is 0.122 e. The fraction of sp³-hybridized carbons (Fsp3) is 0.579. The first-order valence-corrected chi connectivity index (χ1v) is 8.57. The zero-order valence-electron chi connectivity index (χ0n) is 14.1. The van der Waals surface area contributed by atoms with Crippen LogP contribution in [0.15, 0.2) is 30.9 Å². The number of rotatable bonds is 5. The Balaban J connectivity index is 1.68. The molecule has 3 rings (SSSR count). The van der Waals surface area contributed by atoms with Crippen molar-refractivity contribution in [2.75, 3.05) is 33.3 Å². The molecule has 1 aromatic carbocycles. The van der Waals surface area contributed by atoms with Crippen LogP contribution in [0.1, 0.15) is 24.0 Å². The van der Waals surface area contributed by atoms with Crippen LogP contribution in [-0.4, -0.2) is 48.9 Å². The molecule has 4 heteroatoms. The van der Waals surface area contributed by atoms with Gasteiger partial charge in [0, 0.05) is 32.1 Å². The molecule has 0 aromatic heterocycles. The van der Waals surface area contributed by atoms with E-state index in [0.29, 0.717) is 5.92 Å². The molecule has 2 unspecified atom stereocenters. The van der Waals surface area contributed by atoms with E-state index in [2.05, 4.69) is 35.0 Å². The van der Waals surface area contributed by atoms with Crippen molar-refractivity contribution in [3.05, 3.63) is 42.0 Å². The Labute approximate surface area is 139 Å². The minimum Gasteiger partial charge on any atom is -0.496 e.